The molecule has 0 aromatic rings. The minimum atomic E-state index is 0.890. The summed E-state index contributed by atoms with van der Waals surface area (Å²) in [6, 6.07) is 0. The summed E-state index contributed by atoms with van der Waals surface area (Å²) in [5, 5.41) is 0. The zero-order chi connectivity index (χ0) is 6.43. The molecule has 52 valence electrons. The summed E-state index contributed by atoms with van der Waals surface area (Å²) in [5.41, 5.74) is 5.55. The van der Waals surface area contributed by atoms with Crippen LogP contribution in [0.25, 0.3) is 0 Å². The monoisotopic (exact) mass is 126 g/mol. The van der Waals surface area contributed by atoms with E-state index in [0.717, 1.165) is 24.3 Å². The van der Waals surface area contributed by atoms with Gasteiger partial charge in [-0.2, -0.15) is 0 Å². The first-order valence-electron chi connectivity index (χ1n) is 3.71. The molecule has 0 unspecified atom stereocenters. The van der Waals surface area contributed by atoms with Crippen molar-refractivity contribution in [1.82, 2.24) is 4.90 Å². The Bertz CT molecular complexity index is 112. The van der Waals surface area contributed by atoms with E-state index in [-0.39, 0.29) is 0 Å². The molecular formula is C7H14N2. The normalized spacial score (nSPS) is 49.3. The van der Waals surface area contributed by atoms with Crippen LogP contribution in [0.5, 0.6) is 0 Å². The molecule has 0 aromatic carbocycles. The lowest BCUT2D eigenvalue weighted by molar-refractivity contribution is 0.346. The largest absolute Gasteiger partial charge is 0.330 e. The van der Waals surface area contributed by atoms with Crippen LogP contribution in [0.1, 0.15) is 0 Å². The Morgan fingerprint density at radius 1 is 1.44 bits per heavy atom. The molecule has 1 aliphatic heterocycles. The van der Waals surface area contributed by atoms with E-state index in [1.165, 1.54) is 13.1 Å². The molecule has 0 radical (unpaired) electrons. The summed E-state index contributed by atoms with van der Waals surface area (Å²) < 4.78 is 0. The van der Waals surface area contributed by atoms with E-state index in [1.54, 1.807) is 0 Å². The number of piperidine rings is 1. The number of hydrogen-bond acceptors (Lipinski definition) is 2. The summed E-state index contributed by atoms with van der Waals surface area (Å²) in [6.45, 7) is 3.52. The van der Waals surface area contributed by atoms with Crippen molar-refractivity contribution in [3.8, 4) is 0 Å². The Balaban J connectivity index is 1.91. The minimum absolute atomic E-state index is 0.890. The van der Waals surface area contributed by atoms with E-state index in [4.69, 9.17) is 5.73 Å². The highest BCUT2D eigenvalue weighted by Crippen LogP contribution is 2.50. The summed E-state index contributed by atoms with van der Waals surface area (Å²) in [4.78, 5) is 2.40. The quantitative estimate of drug-likeness (QED) is 0.525. The fraction of sp³-hybridized carbons (Fsp3) is 1.00. The molecule has 9 heavy (non-hydrogen) atoms. The van der Waals surface area contributed by atoms with Gasteiger partial charge in [-0.1, -0.05) is 0 Å². The molecule has 3 atom stereocenters. The highest BCUT2D eigenvalue weighted by Gasteiger charge is 2.53. The van der Waals surface area contributed by atoms with Crippen molar-refractivity contribution >= 4 is 0 Å². The van der Waals surface area contributed by atoms with Gasteiger partial charge in [0.1, 0.15) is 0 Å². The summed E-state index contributed by atoms with van der Waals surface area (Å²) >= 11 is 0. The maximum atomic E-state index is 5.55. The van der Waals surface area contributed by atoms with Crippen LogP contribution in [0.2, 0.25) is 0 Å². The first kappa shape index (κ1) is 5.69. The van der Waals surface area contributed by atoms with Gasteiger partial charge in [0.2, 0.25) is 0 Å². The predicted octanol–water partition coefficient (Wildman–Crippen LogP) is -0.247. The molecule has 2 rings (SSSR count). The molecule has 2 fully saturated rings. The maximum Gasteiger partial charge on any atom is 0.00132 e. The van der Waals surface area contributed by atoms with Crippen molar-refractivity contribution < 1.29 is 0 Å². The smallest absolute Gasteiger partial charge is 0.00132 e. The highest BCUT2D eigenvalue weighted by molar-refractivity contribution is 5.04. The van der Waals surface area contributed by atoms with Crippen LogP contribution in [-0.2, 0) is 0 Å². The standard InChI is InChI=1S/C7H14N2/c1-9-3-6-5(2-8)7(6)4-9/h5-7H,2-4,8H2,1H3/t5-,6-,7+. The van der Waals surface area contributed by atoms with Crippen LogP contribution in [0.3, 0.4) is 0 Å². The number of nitrogens with two attached hydrogens (primary N) is 1. The lowest BCUT2D eigenvalue weighted by Gasteiger charge is -2.10. The Morgan fingerprint density at radius 3 is 2.44 bits per heavy atom. The van der Waals surface area contributed by atoms with Crippen LogP contribution < -0.4 is 5.73 Å². The third-order valence-electron chi connectivity index (χ3n) is 2.83. The third-order valence-corrected chi connectivity index (χ3v) is 2.83. The van der Waals surface area contributed by atoms with Crippen LogP contribution in [0.15, 0.2) is 0 Å². The minimum Gasteiger partial charge on any atom is -0.330 e. The number of fused-ring (bicyclic) bond motifs is 1. The molecule has 0 aromatic heterocycles. The van der Waals surface area contributed by atoms with E-state index in [2.05, 4.69) is 11.9 Å². The van der Waals surface area contributed by atoms with Gasteiger partial charge in [0.15, 0.2) is 0 Å². The summed E-state index contributed by atoms with van der Waals surface area (Å²) in [7, 11) is 2.19. The Hall–Kier alpha value is -0.0800. The highest BCUT2D eigenvalue weighted by atomic mass is 15.2. The molecule has 0 amide bonds. The second-order valence-corrected chi connectivity index (χ2v) is 3.45. The summed E-state index contributed by atoms with van der Waals surface area (Å²) in [6.07, 6.45) is 0. The first-order valence-corrected chi connectivity index (χ1v) is 3.71. The van der Waals surface area contributed by atoms with Crippen molar-refractivity contribution in [3.05, 3.63) is 0 Å². The van der Waals surface area contributed by atoms with E-state index < -0.39 is 0 Å². The van der Waals surface area contributed by atoms with Gasteiger partial charge in [0.05, 0.1) is 0 Å². The Morgan fingerprint density at radius 2 is 2.00 bits per heavy atom. The van der Waals surface area contributed by atoms with Crippen LogP contribution in [0, 0.1) is 17.8 Å². The Labute approximate surface area is 56.0 Å². The second-order valence-electron chi connectivity index (χ2n) is 3.45. The number of likely N-dealkylation sites (tertiary alicyclic amines) is 1. The van der Waals surface area contributed by atoms with Gasteiger partial charge in [-0.3, -0.25) is 0 Å². The zero-order valence-electron chi connectivity index (χ0n) is 5.88. The van der Waals surface area contributed by atoms with Gasteiger partial charge in [0.25, 0.3) is 0 Å². The first-order chi connectivity index (χ1) is 4.33. The fourth-order valence-corrected chi connectivity index (χ4v) is 2.21. The Kier molecular flexibility index (Phi) is 1.08. The fourth-order valence-electron chi connectivity index (χ4n) is 2.21. The van der Waals surface area contributed by atoms with Crippen molar-refractivity contribution in [2.75, 3.05) is 26.7 Å². The SMILES string of the molecule is CN1C[C@@H]2[C@@H](CN)[C@@H]2C1. The van der Waals surface area contributed by atoms with Crippen molar-refractivity contribution in [2.45, 2.75) is 0 Å². The molecule has 1 aliphatic carbocycles. The van der Waals surface area contributed by atoms with E-state index in [9.17, 15) is 0 Å². The van der Waals surface area contributed by atoms with Crippen molar-refractivity contribution in [1.29, 1.82) is 0 Å². The van der Waals surface area contributed by atoms with Crippen LogP contribution >= 0.6 is 0 Å². The lowest BCUT2D eigenvalue weighted by atomic mass is 10.3. The van der Waals surface area contributed by atoms with E-state index in [1.807, 2.05) is 0 Å². The molecule has 0 spiro atoms. The van der Waals surface area contributed by atoms with Gasteiger partial charge in [-0.05, 0) is 31.3 Å². The van der Waals surface area contributed by atoms with E-state index in [0.29, 0.717) is 0 Å². The van der Waals surface area contributed by atoms with Gasteiger partial charge in [0, 0.05) is 13.1 Å². The van der Waals surface area contributed by atoms with Gasteiger partial charge in [-0.15, -0.1) is 0 Å². The lowest BCUT2D eigenvalue weighted by Crippen LogP contribution is -2.21. The molecular weight excluding hydrogens is 112 g/mol. The zero-order valence-corrected chi connectivity index (χ0v) is 5.88. The third kappa shape index (κ3) is 0.700. The number of rotatable bonds is 1. The molecule has 2 heteroatoms. The van der Waals surface area contributed by atoms with E-state index >= 15 is 0 Å². The predicted molar refractivity (Wildman–Crippen MR) is 37.0 cm³/mol. The van der Waals surface area contributed by atoms with Crippen LogP contribution in [-0.4, -0.2) is 31.6 Å². The number of nitrogens with zero attached hydrogens (tertiary/aromatic N) is 1. The molecule has 2 nitrogen and oxygen atoms in total. The average Bonchev–Trinajstić information content (AvgIpc) is 2.30. The topological polar surface area (TPSA) is 29.3 Å². The van der Waals surface area contributed by atoms with Crippen molar-refractivity contribution in [2.24, 2.45) is 23.5 Å². The molecule has 2 N–H and O–H groups in total. The van der Waals surface area contributed by atoms with Gasteiger partial charge >= 0.3 is 0 Å². The number of hydrogen-bond donors (Lipinski definition) is 1. The van der Waals surface area contributed by atoms with Crippen LogP contribution in [0.4, 0.5) is 0 Å². The maximum absolute atomic E-state index is 5.55. The summed E-state index contributed by atoms with van der Waals surface area (Å²) in [5.74, 6) is 2.83. The molecule has 0 bridgehead atoms. The molecule has 1 saturated heterocycles. The second kappa shape index (κ2) is 1.70. The molecule has 1 heterocycles. The van der Waals surface area contributed by atoms with Crippen molar-refractivity contribution in [3.63, 3.8) is 0 Å². The van der Waals surface area contributed by atoms with Gasteiger partial charge < -0.3 is 10.6 Å². The molecule has 2 aliphatic rings. The molecule has 1 saturated carbocycles. The average molecular weight is 126 g/mol. The van der Waals surface area contributed by atoms with Gasteiger partial charge in [-0.25, -0.2) is 0 Å².